The van der Waals surface area contributed by atoms with E-state index in [1.54, 1.807) is 6.07 Å². The summed E-state index contributed by atoms with van der Waals surface area (Å²) in [4.78, 5) is 22.6. The second kappa shape index (κ2) is 3.51. The van der Waals surface area contributed by atoms with E-state index in [2.05, 4.69) is 0 Å². The summed E-state index contributed by atoms with van der Waals surface area (Å²) in [5.74, 6) is -0.886. The van der Waals surface area contributed by atoms with E-state index in [9.17, 15) is 14.0 Å². The fourth-order valence-electron chi connectivity index (χ4n) is 2.48. The Hall–Kier alpha value is -1.51. The summed E-state index contributed by atoms with van der Waals surface area (Å²) in [5.41, 5.74) is 0.878. The lowest BCUT2D eigenvalue weighted by Crippen LogP contribution is -2.27. The summed E-state index contributed by atoms with van der Waals surface area (Å²) in [6, 6.07) is 4.27. The molecule has 0 aromatic heterocycles. The number of hydrogen-bond donors (Lipinski definition) is 0. The highest BCUT2D eigenvalue weighted by Gasteiger charge is 2.45. The maximum atomic E-state index is 13.1. The molecule has 3 heteroatoms. The van der Waals surface area contributed by atoms with E-state index in [1.165, 1.54) is 12.1 Å². The van der Waals surface area contributed by atoms with Crippen LogP contribution in [0.25, 0.3) is 0 Å². The Morgan fingerprint density at radius 1 is 1.44 bits per heavy atom. The van der Waals surface area contributed by atoms with Crippen LogP contribution in [0.5, 0.6) is 0 Å². The van der Waals surface area contributed by atoms with Gasteiger partial charge in [0.1, 0.15) is 12.1 Å². The van der Waals surface area contributed by atoms with Crippen LogP contribution >= 0.6 is 0 Å². The van der Waals surface area contributed by atoms with Gasteiger partial charge in [-0.2, -0.15) is 0 Å². The van der Waals surface area contributed by atoms with Gasteiger partial charge in [0.05, 0.1) is 0 Å². The maximum absolute atomic E-state index is 13.1. The molecule has 0 N–H and O–H groups in total. The van der Waals surface area contributed by atoms with Crippen LogP contribution in [0, 0.1) is 11.7 Å². The molecule has 0 radical (unpaired) electrons. The number of fused-ring (bicyclic) bond motifs is 1. The standard InChI is InChI=1S/C13H13FO2/c1-13(2)10-4-3-8(14)7-9(10)12(16)11(13)5-6-15/h3-4,6-7,11H,5H2,1-2H3. The van der Waals surface area contributed by atoms with Crippen molar-refractivity contribution >= 4 is 12.1 Å². The monoisotopic (exact) mass is 220 g/mol. The van der Waals surface area contributed by atoms with Gasteiger partial charge >= 0.3 is 0 Å². The number of hydrogen-bond acceptors (Lipinski definition) is 2. The zero-order chi connectivity index (χ0) is 11.9. The van der Waals surface area contributed by atoms with Gasteiger partial charge in [-0.05, 0) is 17.7 Å². The largest absolute Gasteiger partial charge is 0.303 e. The van der Waals surface area contributed by atoms with Gasteiger partial charge < -0.3 is 4.79 Å². The summed E-state index contributed by atoms with van der Waals surface area (Å²) >= 11 is 0. The Balaban J connectivity index is 2.56. The highest BCUT2D eigenvalue weighted by molar-refractivity contribution is 6.04. The lowest BCUT2D eigenvalue weighted by molar-refractivity contribution is -0.108. The molecule has 16 heavy (non-hydrogen) atoms. The number of carbonyl (C=O) groups is 2. The molecule has 0 amide bonds. The first-order valence-electron chi connectivity index (χ1n) is 5.26. The minimum absolute atomic E-state index is 0.119. The van der Waals surface area contributed by atoms with E-state index >= 15 is 0 Å². The van der Waals surface area contributed by atoms with Crippen molar-refractivity contribution in [1.29, 1.82) is 0 Å². The molecule has 2 nitrogen and oxygen atoms in total. The van der Waals surface area contributed by atoms with Gasteiger partial charge in [-0.1, -0.05) is 19.9 Å². The molecule has 1 atom stereocenters. The van der Waals surface area contributed by atoms with Crippen LogP contribution in [0.4, 0.5) is 4.39 Å². The van der Waals surface area contributed by atoms with Crippen LogP contribution in [0.15, 0.2) is 18.2 Å². The molecule has 0 saturated heterocycles. The van der Waals surface area contributed by atoms with Crippen molar-refractivity contribution in [3.63, 3.8) is 0 Å². The highest BCUT2D eigenvalue weighted by Crippen LogP contribution is 2.44. The average molecular weight is 220 g/mol. The Morgan fingerprint density at radius 2 is 2.12 bits per heavy atom. The van der Waals surface area contributed by atoms with Crippen molar-refractivity contribution in [2.75, 3.05) is 0 Å². The topological polar surface area (TPSA) is 34.1 Å². The summed E-state index contributed by atoms with van der Waals surface area (Å²) in [7, 11) is 0. The molecule has 0 fully saturated rings. The quantitative estimate of drug-likeness (QED) is 0.717. The molecular weight excluding hydrogens is 207 g/mol. The normalized spacial score (nSPS) is 21.9. The van der Waals surface area contributed by atoms with Gasteiger partial charge in [0, 0.05) is 23.3 Å². The lowest BCUT2D eigenvalue weighted by Gasteiger charge is -2.25. The Bertz CT molecular complexity index is 463. The molecule has 1 aliphatic carbocycles. The third-order valence-corrected chi connectivity index (χ3v) is 3.46. The van der Waals surface area contributed by atoms with Crippen molar-refractivity contribution < 1.29 is 14.0 Å². The summed E-state index contributed by atoms with van der Waals surface area (Å²) in [5, 5.41) is 0. The van der Waals surface area contributed by atoms with Crippen molar-refractivity contribution in [2.24, 2.45) is 5.92 Å². The molecule has 1 aliphatic rings. The van der Waals surface area contributed by atoms with E-state index in [-0.39, 0.29) is 23.5 Å². The van der Waals surface area contributed by atoms with Crippen LogP contribution < -0.4 is 0 Å². The van der Waals surface area contributed by atoms with Gasteiger partial charge in [0.25, 0.3) is 0 Å². The Kier molecular flexibility index (Phi) is 2.41. The van der Waals surface area contributed by atoms with Crippen molar-refractivity contribution in [3.05, 3.63) is 35.1 Å². The molecule has 0 saturated carbocycles. The molecule has 2 rings (SSSR count). The molecule has 0 heterocycles. The van der Waals surface area contributed by atoms with Gasteiger partial charge in [-0.25, -0.2) is 4.39 Å². The fourth-order valence-corrected chi connectivity index (χ4v) is 2.48. The summed E-state index contributed by atoms with van der Waals surface area (Å²) in [6.45, 7) is 3.84. The number of halogens is 1. The van der Waals surface area contributed by atoms with Gasteiger partial charge in [-0.15, -0.1) is 0 Å². The predicted octanol–water partition coefficient (Wildman–Crippen LogP) is 2.50. The lowest BCUT2D eigenvalue weighted by atomic mass is 9.77. The van der Waals surface area contributed by atoms with E-state index in [0.29, 0.717) is 5.56 Å². The number of rotatable bonds is 2. The first-order valence-corrected chi connectivity index (χ1v) is 5.26. The van der Waals surface area contributed by atoms with E-state index in [4.69, 9.17) is 0 Å². The molecule has 0 bridgehead atoms. The first-order chi connectivity index (χ1) is 7.48. The molecular formula is C13H13FO2. The van der Waals surface area contributed by atoms with Gasteiger partial charge in [-0.3, -0.25) is 4.79 Å². The summed E-state index contributed by atoms with van der Waals surface area (Å²) < 4.78 is 13.1. The van der Waals surface area contributed by atoms with E-state index in [1.807, 2.05) is 13.8 Å². The molecule has 84 valence electrons. The van der Waals surface area contributed by atoms with E-state index in [0.717, 1.165) is 11.8 Å². The van der Waals surface area contributed by atoms with Crippen LogP contribution in [0.1, 0.15) is 36.2 Å². The Morgan fingerprint density at radius 3 is 2.75 bits per heavy atom. The fraction of sp³-hybridized carbons (Fsp3) is 0.385. The van der Waals surface area contributed by atoms with Crippen molar-refractivity contribution in [1.82, 2.24) is 0 Å². The van der Waals surface area contributed by atoms with Crippen molar-refractivity contribution in [3.8, 4) is 0 Å². The Labute approximate surface area is 93.5 Å². The molecule has 0 aliphatic heterocycles. The smallest absolute Gasteiger partial charge is 0.167 e. The van der Waals surface area contributed by atoms with Crippen LogP contribution in [-0.2, 0) is 10.2 Å². The SMILES string of the molecule is CC1(C)c2ccc(F)cc2C(=O)C1CC=O. The minimum Gasteiger partial charge on any atom is -0.303 e. The maximum Gasteiger partial charge on any atom is 0.167 e. The average Bonchev–Trinajstić information content (AvgIpc) is 2.40. The van der Waals surface area contributed by atoms with Crippen LogP contribution in [0.3, 0.4) is 0 Å². The molecule has 1 aromatic carbocycles. The van der Waals surface area contributed by atoms with Crippen LogP contribution in [0.2, 0.25) is 0 Å². The van der Waals surface area contributed by atoms with Gasteiger partial charge in [0.2, 0.25) is 0 Å². The van der Waals surface area contributed by atoms with E-state index < -0.39 is 5.82 Å². The number of aldehydes is 1. The number of Topliss-reactive ketones (excluding diaryl/α,β-unsaturated/α-hetero) is 1. The molecule has 1 aromatic rings. The zero-order valence-electron chi connectivity index (χ0n) is 9.29. The zero-order valence-corrected chi connectivity index (χ0v) is 9.29. The third kappa shape index (κ3) is 1.39. The summed E-state index contributed by atoms with van der Waals surface area (Å²) in [6.07, 6.45) is 0.953. The predicted molar refractivity (Wildman–Crippen MR) is 57.9 cm³/mol. The van der Waals surface area contributed by atoms with Crippen molar-refractivity contribution in [2.45, 2.75) is 25.7 Å². The minimum atomic E-state index is -0.408. The third-order valence-electron chi connectivity index (χ3n) is 3.46. The number of carbonyl (C=O) groups excluding carboxylic acids is 2. The van der Waals surface area contributed by atoms with Gasteiger partial charge in [0.15, 0.2) is 5.78 Å². The highest BCUT2D eigenvalue weighted by atomic mass is 19.1. The van der Waals surface area contributed by atoms with Crippen LogP contribution in [-0.4, -0.2) is 12.1 Å². The number of ketones is 1. The molecule has 1 unspecified atom stereocenters. The molecule has 0 spiro atoms. The second-order valence-electron chi connectivity index (χ2n) is 4.73. The second-order valence-corrected chi connectivity index (χ2v) is 4.73. The first kappa shape index (κ1) is 11.0. The number of benzene rings is 1.